The van der Waals surface area contributed by atoms with Crippen LogP contribution in [0.2, 0.25) is 0 Å². The first-order valence-corrected chi connectivity index (χ1v) is 11.0. The smallest absolute Gasteiger partial charge is 0.321 e. The van der Waals surface area contributed by atoms with Gasteiger partial charge in [0.15, 0.2) is 0 Å². The molecule has 1 aliphatic heterocycles. The van der Waals surface area contributed by atoms with Crippen molar-refractivity contribution in [1.29, 1.82) is 0 Å². The summed E-state index contributed by atoms with van der Waals surface area (Å²) < 4.78 is 5.96. The number of nitrogens with zero attached hydrogens (tertiary/aromatic N) is 1. The van der Waals surface area contributed by atoms with E-state index in [1.54, 1.807) is 4.90 Å². The van der Waals surface area contributed by atoms with Gasteiger partial charge >= 0.3 is 6.03 Å². The molecule has 2 amide bonds. The SMILES string of the molecule is CCC(CC)CC1(O)CCN(C(=O)Nc2cccc(Oc3ccccc3C)c2)CC1. The van der Waals surface area contributed by atoms with E-state index < -0.39 is 5.60 Å². The lowest BCUT2D eigenvalue weighted by molar-refractivity contribution is -0.0309. The lowest BCUT2D eigenvalue weighted by atomic mass is 9.81. The van der Waals surface area contributed by atoms with E-state index in [4.69, 9.17) is 4.74 Å². The number of carbonyl (C=O) groups excluding carboxylic acids is 1. The van der Waals surface area contributed by atoms with Crippen molar-refractivity contribution < 1.29 is 14.6 Å². The third-order valence-corrected chi connectivity index (χ3v) is 6.21. The van der Waals surface area contributed by atoms with Gasteiger partial charge in [0.25, 0.3) is 0 Å². The summed E-state index contributed by atoms with van der Waals surface area (Å²) in [5.74, 6) is 2.03. The van der Waals surface area contributed by atoms with Gasteiger partial charge in [0.2, 0.25) is 0 Å². The molecular weight excluding hydrogens is 376 g/mol. The summed E-state index contributed by atoms with van der Waals surface area (Å²) >= 11 is 0. The monoisotopic (exact) mass is 410 g/mol. The van der Waals surface area contributed by atoms with Crippen molar-refractivity contribution >= 4 is 11.7 Å². The molecule has 1 heterocycles. The van der Waals surface area contributed by atoms with Gasteiger partial charge < -0.3 is 20.1 Å². The van der Waals surface area contributed by atoms with E-state index in [-0.39, 0.29) is 6.03 Å². The number of urea groups is 1. The molecule has 0 aliphatic carbocycles. The van der Waals surface area contributed by atoms with Crippen molar-refractivity contribution in [1.82, 2.24) is 4.90 Å². The molecule has 0 radical (unpaired) electrons. The molecule has 0 aromatic heterocycles. The molecule has 0 atom stereocenters. The fraction of sp³-hybridized carbons (Fsp3) is 0.480. The number of para-hydroxylation sites is 1. The highest BCUT2D eigenvalue weighted by atomic mass is 16.5. The molecule has 0 bridgehead atoms. The highest BCUT2D eigenvalue weighted by Crippen LogP contribution is 2.32. The minimum atomic E-state index is -0.644. The molecule has 162 valence electrons. The third kappa shape index (κ3) is 5.76. The van der Waals surface area contributed by atoms with Crippen LogP contribution < -0.4 is 10.1 Å². The molecule has 5 heteroatoms. The van der Waals surface area contributed by atoms with Gasteiger partial charge in [-0.05, 0) is 55.9 Å². The molecular formula is C25H34N2O3. The van der Waals surface area contributed by atoms with Crippen molar-refractivity contribution in [2.24, 2.45) is 5.92 Å². The number of nitrogens with one attached hydrogen (secondary N) is 1. The van der Waals surface area contributed by atoms with Crippen LogP contribution in [-0.4, -0.2) is 34.7 Å². The van der Waals surface area contributed by atoms with E-state index in [9.17, 15) is 9.90 Å². The number of benzene rings is 2. The molecule has 3 rings (SSSR count). The maximum Gasteiger partial charge on any atom is 0.321 e. The van der Waals surface area contributed by atoms with Crippen LogP contribution in [0.3, 0.4) is 0 Å². The van der Waals surface area contributed by atoms with Gasteiger partial charge in [-0.3, -0.25) is 0 Å². The van der Waals surface area contributed by atoms with Crippen molar-refractivity contribution in [2.45, 2.75) is 58.5 Å². The summed E-state index contributed by atoms with van der Waals surface area (Å²) in [6.07, 6.45) is 4.27. The van der Waals surface area contributed by atoms with Gasteiger partial charge in [0.1, 0.15) is 11.5 Å². The highest BCUT2D eigenvalue weighted by Gasteiger charge is 2.35. The van der Waals surface area contributed by atoms with Crippen LogP contribution in [0, 0.1) is 12.8 Å². The minimum Gasteiger partial charge on any atom is -0.457 e. The maximum absolute atomic E-state index is 12.7. The number of aliphatic hydroxyl groups is 1. The van der Waals surface area contributed by atoms with Crippen LogP contribution in [0.25, 0.3) is 0 Å². The minimum absolute atomic E-state index is 0.132. The van der Waals surface area contributed by atoms with Crippen LogP contribution in [0.15, 0.2) is 48.5 Å². The van der Waals surface area contributed by atoms with E-state index in [2.05, 4.69) is 19.2 Å². The predicted molar refractivity (Wildman–Crippen MR) is 121 cm³/mol. The van der Waals surface area contributed by atoms with E-state index in [1.807, 2.05) is 55.5 Å². The Kier molecular flexibility index (Phi) is 7.38. The van der Waals surface area contributed by atoms with Crippen LogP contribution in [0.5, 0.6) is 11.5 Å². The van der Waals surface area contributed by atoms with Crippen molar-refractivity contribution in [3.05, 3.63) is 54.1 Å². The summed E-state index contributed by atoms with van der Waals surface area (Å²) in [5.41, 5.74) is 1.11. The molecule has 1 saturated heterocycles. The van der Waals surface area contributed by atoms with Crippen LogP contribution in [0.4, 0.5) is 10.5 Å². The number of rotatable bonds is 7. The van der Waals surface area contributed by atoms with Gasteiger partial charge in [0, 0.05) is 24.8 Å². The van der Waals surface area contributed by atoms with Crippen molar-refractivity contribution in [2.75, 3.05) is 18.4 Å². The Hall–Kier alpha value is -2.53. The van der Waals surface area contributed by atoms with Gasteiger partial charge in [-0.1, -0.05) is 51.0 Å². The second kappa shape index (κ2) is 9.98. The topological polar surface area (TPSA) is 61.8 Å². The number of anilines is 1. The van der Waals surface area contributed by atoms with Gasteiger partial charge in [-0.15, -0.1) is 0 Å². The first-order valence-electron chi connectivity index (χ1n) is 11.0. The van der Waals surface area contributed by atoms with Crippen LogP contribution in [0.1, 0.15) is 51.5 Å². The zero-order valence-corrected chi connectivity index (χ0v) is 18.4. The molecule has 1 fully saturated rings. The number of hydrogen-bond acceptors (Lipinski definition) is 3. The second-order valence-corrected chi connectivity index (χ2v) is 8.42. The van der Waals surface area contributed by atoms with Crippen LogP contribution >= 0.6 is 0 Å². The van der Waals surface area contributed by atoms with Crippen molar-refractivity contribution in [3.8, 4) is 11.5 Å². The van der Waals surface area contributed by atoms with Gasteiger partial charge in [-0.2, -0.15) is 0 Å². The zero-order valence-electron chi connectivity index (χ0n) is 18.4. The maximum atomic E-state index is 12.7. The number of carbonyl (C=O) groups is 1. The zero-order chi connectivity index (χ0) is 21.6. The summed E-state index contributed by atoms with van der Waals surface area (Å²) in [6, 6.07) is 15.1. The molecule has 5 nitrogen and oxygen atoms in total. The molecule has 30 heavy (non-hydrogen) atoms. The molecule has 2 N–H and O–H groups in total. The number of aryl methyl sites for hydroxylation is 1. The lowest BCUT2D eigenvalue weighted by Gasteiger charge is -2.39. The Morgan fingerprint density at radius 3 is 2.50 bits per heavy atom. The fourth-order valence-corrected chi connectivity index (χ4v) is 4.08. The summed E-state index contributed by atoms with van der Waals surface area (Å²) in [5, 5.41) is 13.9. The Bertz CT molecular complexity index is 840. The number of piperidine rings is 1. The van der Waals surface area contributed by atoms with E-state index in [0.717, 1.165) is 30.6 Å². The summed E-state index contributed by atoms with van der Waals surface area (Å²) in [4.78, 5) is 14.5. The van der Waals surface area contributed by atoms with Crippen molar-refractivity contribution in [3.63, 3.8) is 0 Å². The lowest BCUT2D eigenvalue weighted by Crippen LogP contribution is -2.48. The number of amides is 2. The highest BCUT2D eigenvalue weighted by molar-refractivity contribution is 5.89. The normalized spacial score (nSPS) is 15.8. The first kappa shape index (κ1) is 22.2. The Balaban J connectivity index is 1.56. The molecule has 0 spiro atoms. The Morgan fingerprint density at radius 1 is 1.13 bits per heavy atom. The molecule has 0 unspecified atom stereocenters. The first-order chi connectivity index (χ1) is 14.4. The Labute approximate surface area is 180 Å². The summed E-state index contributed by atoms with van der Waals surface area (Å²) in [7, 11) is 0. The average molecular weight is 411 g/mol. The Morgan fingerprint density at radius 2 is 1.83 bits per heavy atom. The van der Waals surface area contributed by atoms with Gasteiger partial charge in [0.05, 0.1) is 5.60 Å². The molecule has 1 aliphatic rings. The molecule has 0 saturated carbocycles. The van der Waals surface area contributed by atoms with E-state index in [1.165, 1.54) is 0 Å². The quantitative estimate of drug-likeness (QED) is 0.591. The predicted octanol–water partition coefficient (Wildman–Crippen LogP) is 5.97. The third-order valence-electron chi connectivity index (χ3n) is 6.21. The van der Waals surface area contributed by atoms with Crippen LogP contribution in [-0.2, 0) is 0 Å². The number of likely N-dealkylation sites (tertiary alicyclic amines) is 1. The molecule has 2 aromatic carbocycles. The fourth-order valence-electron chi connectivity index (χ4n) is 4.08. The average Bonchev–Trinajstić information content (AvgIpc) is 2.74. The van der Waals surface area contributed by atoms with E-state index >= 15 is 0 Å². The summed E-state index contributed by atoms with van der Waals surface area (Å²) in [6.45, 7) is 7.50. The largest absolute Gasteiger partial charge is 0.457 e. The van der Waals surface area contributed by atoms with E-state index in [0.29, 0.717) is 43.3 Å². The second-order valence-electron chi connectivity index (χ2n) is 8.42. The molecule has 2 aromatic rings. The number of ether oxygens (including phenoxy) is 1. The standard InChI is InChI=1S/C25H34N2O3/c1-4-20(5-2)18-25(29)13-15-27(16-14-25)24(28)26-21-10-8-11-22(17-21)30-23-12-7-6-9-19(23)3/h6-12,17,20,29H,4-5,13-16,18H2,1-3H3,(H,26,28). The van der Waals surface area contributed by atoms with Gasteiger partial charge in [-0.25, -0.2) is 4.79 Å². The number of hydrogen-bond donors (Lipinski definition) is 2.